The molecule has 1 atom stereocenters. The van der Waals surface area contributed by atoms with Crippen LogP contribution in [-0.4, -0.2) is 18.6 Å². The molecule has 1 N–H and O–H groups in total. The van der Waals surface area contributed by atoms with E-state index < -0.39 is 0 Å². The van der Waals surface area contributed by atoms with Crippen molar-refractivity contribution >= 4 is 11.8 Å². The lowest BCUT2D eigenvalue weighted by atomic mass is 10.1. The Morgan fingerprint density at radius 3 is 2.80 bits per heavy atom. The zero-order valence-electron chi connectivity index (χ0n) is 9.29. The second-order valence-corrected chi connectivity index (χ2v) is 4.53. The average molecular weight is 227 g/mol. The smallest absolute Gasteiger partial charge is 0.127 e. The molecule has 0 saturated carbocycles. The summed E-state index contributed by atoms with van der Waals surface area (Å²) in [7, 11) is 0. The van der Waals surface area contributed by atoms with Crippen LogP contribution in [0.2, 0.25) is 0 Å². The standard InChI is InChI=1S/C12H18FNS/c1-10(14-8-5-9-15-2)11-6-3-4-7-12(11)13/h3-4,6-7,10,14H,5,8-9H2,1-2H3/t10-/m1/s1. The lowest BCUT2D eigenvalue weighted by Crippen LogP contribution is -2.21. The minimum atomic E-state index is -0.123. The van der Waals surface area contributed by atoms with Gasteiger partial charge in [0.1, 0.15) is 5.82 Å². The van der Waals surface area contributed by atoms with E-state index in [-0.39, 0.29) is 11.9 Å². The van der Waals surface area contributed by atoms with Crippen molar-refractivity contribution in [1.29, 1.82) is 0 Å². The fourth-order valence-electron chi connectivity index (χ4n) is 1.47. The Morgan fingerprint density at radius 1 is 1.40 bits per heavy atom. The summed E-state index contributed by atoms with van der Waals surface area (Å²) in [5, 5.41) is 3.32. The van der Waals surface area contributed by atoms with Gasteiger partial charge in [-0.3, -0.25) is 0 Å². The molecule has 15 heavy (non-hydrogen) atoms. The van der Waals surface area contributed by atoms with Crippen molar-refractivity contribution in [3.05, 3.63) is 35.6 Å². The van der Waals surface area contributed by atoms with Crippen LogP contribution in [0.3, 0.4) is 0 Å². The average Bonchev–Trinajstić information content (AvgIpc) is 2.25. The summed E-state index contributed by atoms with van der Waals surface area (Å²) in [5.41, 5.74) is 0.752. The molecular weight excluding hydrogens is 209 g/mol. The predicted octanol–water partition coefficient (Wildman–Crippen LogP) is 3.23. The lowest BCUT2D eigenvalue weighted by molar-refractivity contribution is 0.528. The lowest BCUT2D eigenvalue weighted by Gasteiger charge is -2.14. The maximum Gasteiger partial charge on any atom is 0.127 e. The predicted molar refractivity (Wildman–Crippen MR) is 65.8 cm³/mol. The van der Waals surface area contributed by atoms with Gasteiger partial charge in [-0.25, -0.2) is 4.39 Å². The van der Waals surface area contributed by atoms with Gasteiger partial charge in [0.05, 0.1) is 0 Å². The highest BCUT2D eigenvalue weighted by atomic mass is 32.2. The number of hydrogen-bond donors (Lipinski definition) is 1. The number of nitrogens with one attached hydrogen (secondary N) is 1. The van der Waals surface area contributed by atoms with Gasteiger partial charge < -0.3 is 5.32 Å². The van der Waals surface area contributed by atoms with E-state index in [4.69, 9.17) is 0 Å². The van der Waals surface area contributed by atoms with Crippen molar-refractivity contribution in [2.45, 2.75) is 19.4 Å². The maximum atomic E-state index is 13.4. The second kappa shape index (κ2) is 6.85. The maximum absolute atomic E-state index is 13.4. The number of halogens is 1. The summed E-state index contributed by atoms with van der Waals surface area (Å²) >= 11 is 1.84. The largest absolute Gasteiger partial charge is 0.310 e. The van der Waals surface area contributed by atoms with Gasteiger partial charge in [-0.2, -0.15) is 11.8 Å². The third-order valence-electron chi connectivity index (χ3n) is 2.35. The Kier molecular flexibility index (Phi) is 5.73. The molecule has 0 fully saturated rings. The SMILES string of the molecule is CSCCCN[C@H](C)c1ccccc1F. The summed E-state index contributed by atoms with van der Waals surface area (Å²) in [4.78, 5) is 0. The van der Waals surface area contributed by atoms with E-state index in [0.717, 1.165) is 24.3 Å². The summed E-state index contributed by atoms with van der Waals surface area (Å²) in [6.07, 6.45) is 3.22. The van der Waals surface area contributed by atoms with Crippen LogP contribution in [0, 0.1) is 5.82 Å². The van der Waals surface area contributed by atoms with Crippen LogP contribution in [-0.2, 0) is 0 Å². The van der Waals surface area contributed by atoms with Gasteiger partial charge in [0.2, 0.25) is 0 Å². The highest BCUT2D eigenvalue weighted by Gasteiger charge is 2.08. The van der Waals surface area contributed by atoms with Gasteiger partial charge in [-0.15, -0.1) is 0 Å². The van der Waals surface area contributed by atoms with Gasteiger partial charge in [0.25, 0.3) is 0 Å². The topological polar surface area (TPSA) is 12.0 Å². The molecule has 0 amide bonds. The quantitative estimate of drug-likeness (QED) is 0.749. The number of thioether (sulfide) groups is 1. The van der Waals surface area contributed by atoms with E-state index in [1.807, 2.05) is 30.8 Å². The van der Waals surface area contributed by atoms with Crippen LogP contribution in [0.4, 0.5) is 4.39 Å². The first-order chi connectivity index (χ1) is 7.25. The Labute approximate surface area is 95.5 Å². The molecule has 0 unspecified atom stereocenters. The summed E-state index contributed by atoms with van der Waals surface area (Å²) < 4.78 is 13.4. The summed E-state index contributed by atoms with van der Waals surface area (Å²) in [6, 6.07) is 7.03. The number of hydrogen-bond acceptors (Lipinski definition) is 2. The van der Waals surface area contributed by atoms with Crippen LogP contribution in [0.1, 0.15) is 24.9 Å². The molecule has 0 aliphatic heterocycles. The summed E-state index contributed by atoms with van der Waals surface area (Å²) in [5.74, 6) is 1.03. The minimum Gasteiger partial charge on any atom is -0.310 e. The normalized spacial score (nSPS) is 12.7. The molecule has 0 spiro atoms. The van der Waals surface area contributed by atoms with Crippen molar-refractivity contribution in [2.75, 3.05) is 18.6 Å². The van der Waals surface area contributed by atoms with E-state index in [1.54, 1.807) is 6.07 Å². The minimum absolute atomic E-state index is 0.0908. The molecule has 0 saturated heterocycles. The molecule has 0 aliphatic carbocycles. The van der Waals surface area contributed by atoms with Gasteiger partial charge in [0.15, 0.2) is 0 Å². The molecule has 1 aromatic rings. The van der Waals surface area contributed by atoms with Crippen LogP contribution >= 0.6 is 11.8 Å². The Bertz CT molecular complexity index is 291. The van der Waals surface area contributed by atoms with E-state index in [0.29, 0.717) is 0 Å². The molecule has 0 radical (unpaired) electrons. The van der Waals surface area contributed by atoms with Crippen molar-refractivity contribution in [2.24, 2.45) is 0 Å². The van der Waals surface area contributed by atoms with E-state index in [9.17, 15) is 4.39 Å². The van der Waals surface area contributed by atoms with Crippen molar-refractivity contribution in [3.8, 4) is 0 Å². The zero-order valence-corrected chi connectivity index (χ0v) is 10.1. The van der Waals surface area contributed by atoms with Gasteiger partial charge >= 0.3 is 0 Å². The molecule has 1 aromatic carbocycles. The third kappa shape index (κ3) is 4.22. The Morgan fingerprint density at radius 2 is 2.13 bits per heavy atom. The van der Waals surface area contributed by atoms with Gasteiger partial charge in [-0.1, -0.05) is 18.2 Å². The van der Waals surface area contributed by atoms with Crippen LogP contribution in [0.15, 0.2) is 24.3 Å². The first kappa shape index (κ1) is 12.5. The van der Waals surface area contributed by atoms with Gasteiger partial charge in [0, 0.05) is 11.6 Å². The number of benzene rings is 1. The molecule has 1 nitrogen and oxygen atoms in total. The van der Waals surface area contributed by atoms with Gasteiger partial charge in [-0.05, 0) is 38.0 Å². The highest BCUT2D eigenvalue weighted by Crippen LogP contribution is 2.15. The van der Waals surface area contributed by atoms with E-state index in [1.165, 1.54) is 6.07 Å². The van der Waals surface area contributed by atoms with Crippen LogP contribution in [0.5, 0.6) is 0 Å². The van der Waals surface area contributed by atoms with Crippen molar-refractivity contribution < 1.29 is 4.39 Å². The van der Waals surface area contributed by atoms with Crippen LogP contribution in [0.25, 0.3) is 0 Å². The molecule has 3 heteroatoms. The molecule has 0 bridgehead atoms. The van der Waals surface area contributed by atoms with Crippen LogP contribution < -0.4 is 5.32 Å². The zero-order chi connectivity index (χ0) is 11.1. The third-order valence-corrected chi connectivity index (χ3v) is 3.04. The molecule has 0 heterocycles. The molecular formula is C12H18FNS. The molecule has 0 aromatic heterocycles. The highest BCUT2D eigenvalue weighted by molar-refractivity contribution is 7.98. The van der Waals surface area contributed by atoms with E-state index in [2.05, 4.69) is 11.6 Å². The Balaban J connectivity index is 2.40. The monoisotopic (exact) mass is 227 g/mol. The number of rotatable bonds is 6. The first-order valence-electron chi connectivity index (χ1n) is 5.22. The summed E-state index contributed by atoms with van der Waals surface area (Å²) in [6.45, 7) is 2.94. The fourth-order valence-corrected chi connectivity index (χ4v) is 1.90. The molecule has 1 rings (SSSR count). The van der Waals surface area contributed by atoms with Crippen molar-refractivity contribution in [3.63, 3.8) is 0 Å². The molecule has 84 valence electrons. The fraction of sp³-hybridized carbons (Fsp3) is 0.500. The first-order valence-corrected chi connectivity index (χ1v) is 6.62. The Hall–Kier alpha value is -0.540. The van der Waals surface area contributed by atoms with Crippen molar-refractivity contribution in [1.82, 2.24) is 5.32 Å². The van der Waals surface area contributed by atoms with E-state index >= 15 is 0 Å². The molecule has 0 aliphatic rings. The second-order valence-electron chi connectivity index (χ2n) is 3.54.